The number of benzene rings is 1. The van der Waals surface area contributed by atoms with Crippen LogP contribution in [0.4, 0.5) is 11.5 Å². The number of carbonyl (C=O) groups is 1. The Morgan fingerprint density at radius 2 is 2.25 bits per heavy atom. The molecule has 1 amide bonds. The molecule has 2 aromatic rings. The number of anilines is 1. The van der Waals surface area contributed by atoms with Gasteiger partial charge in [0.2, 0.25) is 5.91 Å². The van der Waals surface area contributed by atoms with Crippen molar-refractivity contribution < 1.29 is 14.8 Å². The highest BCUT2D eigenvalue weighted by Crippen LogP contribution is 2.28. The molecule has 128 valence electrons. The second kappa shape index (κ2) is 7.63. The van der Waals surface area contributed by atoms with Crippen LogP contribution in [0.3, 0.4) is 0 Å². The molecule has 2 N–H and O–H groups in total. The third-order valence-electron chi connectivity index (χ3n) is 3.30. The van der Waals surface area contributed by atoms with Crippen molar-refractivity contribution in [1.29, 1.82) is 0 Å². The zero-order valence-electron chi connectivity index (χ0n) is 12.6. The standard InChI is InChI=1S/C14H14BrClN4O4/c1-8-13(16)14(20(23)24)18-19(8)6-2-3-12(22)17-10-7-9(15)4-5-11(10)21/h4-5,7,21H,2-3,6H2,1H3,(H,17,22). The van der Waals surface area contributed by atoms with Gasteiger partial charge < -0.3 is 20.5 Å². The van der Waals surface area contributed by atoms with Gasteiger partial charge in [0.25, 0.3) is 0 Å². The molecular formula is C14H14BrClN4O4. The van der Waals surface area contributed by atoms with Crippen LogP contribution in [0.2, 0.25) is 5.02 Å². The van der Waals surface area contributed by atoms with Gasteiger partial charge in [-0.1, -0.05) is 27.5 Å². The number of nitrogens with one attached hydrogen (secondary N) is 1. The lowest BCUT2D eigenvalue weighted by atomic mass is 10.2. The first-order valence-corrected chi connectivity index (χ1v) is 8.12. The molecule has 0 fully saturated rings. The highest BCUT2D eigenvalue weighted by molar-refractivity contribution is 9.10. The largest absolute Gasteiger partial charge is 0.506 e. The van der Waals surface area contributed by atoms with Crippen LogP contribution < -0.4 is 5.32 Å². The number of hydrogen-bond donors (Lipinski definition) is 2. The summed E-state index contributed by atoms with van der Waals surface area (Å²) in [5.74, 6) is -0.705. The molecular weight excluding hydrogens is 404 g/mol. The number of aromatic nitrogens is 2. The Kier molecular flexibility index (Phi) is 5.79. The topological polar surface area (TPSA) is 110 Å². The number of aryl methyl sites for hydroxylation is 1. The minimum atomic E-state index is -0.644. The molecule has 1 aromatic carbocycles. The number of nitro groups is 1. The fraction of sp³-hybridized carbons (Fsp3) is 0.286. The van der Waals surface area contributed by atoms with Gasteiger partial charge in [0.1, 0.15) is 5.75 Å². The second-order valence-electron chi connectivity index (χ2n) is 5.02. The lowest BCUT2D eigenvalue weighted by Crippen LogP contribution is -2.13. The summed E-state index contributed by atoms with van der Waals surface area (Å²) in [6.45, 7) is 1.94. The Hall–Kier alpha value is -2.13. The Morgan fingerprint density at radius 1 is 1.54 bits per heavy atom. The highest BCUT2D eigenvalue weighted by Gasteiger charge is 2.23. The Labute approximate surface area is 150 Å². The number of halogens is 2. The number of aromatic hydroxyl groups is 1. The minimum Gasteiger partial charge on any atom is -0.506 e. The van der Waals surface area contributed by atoms with Crippen molar-refractivity contribution in [2.75, 3.05) is 5.32 Å². The molecule has 24 heavy (non-hydrogen) atoms. The molecule has 0 spiro atoms. The lowest BCUT2D eigenvalue weighted by Gasteiger charge is -2.07. The SMILES string of the molecule is Cc1c(Cl)c([N+](=O)[O-])nn1CCCC(=O)Nc1cc(Br)ccc1O. The molecule has 0 radical (unpaired) electrons. The van der Waals surface area contributed by atoms with Crippen molar-refractivity contribution in [2.45, 2.75) is 26.3 Å². The van der Waals surface area contributed by atoms with E-state index in [1.54, 1.807) is 19.1 Å². The van der Waals surface area contributed by atoms with Gasteiger partial charge >= 0.3 is 5.82 Å². The van der Waals surface area contributed by atoms with E-state index in [1.165, 1.54) is 10.7 Å². The molecule has 1 aromatic heterocycles. The monoisotopic (exact) mass is 416 g/mol. The first kappa shape index (κ1) is 18.2. The van der Waals surface area contributed by atoms with Gasteiger partial charge in [-0.05, 0) is 36.5 Å². The first-order chi connectivity index (χ1) is 11.3. The number of nitrogens with zero attached hydrogens (tertiary/aromatic N) is 3. The van der Waals surface area contributed by atoms with Crippen LogP contribution in [-0.4, -0.2) is 25.7 Å². The number of phenolic OH excluding ortho intramolecular Hbond substituents is 1. The third kappa shape index (κ3) is 4.24. The van der Waals surface area contributed by atoms with Gasteiger partial charge in [-0.3, -0.25) is 4.79 Å². The molecule has 0 atom stereocenters. The predicted octanol–water partition coefficient (Wildman–Crippen LogP) is 3.64. The molecule has 10 heteroatoms. The van der Waals surface area contributed by atoms with E-state index in [0.29, 0.717) is 24.3 Å². The molecule has 8 nitrogen and oxygen atoms in total. The van der Waals surface area contributed by atoms with Crippen molar-refractivity contribution >= 4 is 44.9 Å². The van der Waals surface area contributed by atoms with Gasteiger partial charge in [0.15, 0.2) is 5.02 Å². The minimum absolute atomic E-state index is 0.00325. The van der Waals surface area contributed by atoms with E-state index in [-0.39, 0.29) is 23.1 Å². The molecule has 0 saturated carbocycles. The molecule has 2 rings (SSSR count). The molecule has 0 saturated heterocycles. The van der Waals surface area contributed by atoms with E-state index >= 15 is 0 Å². The van der Waals surface area contributed by atoms with Gasteiger partial charge in [0, 0.05) is 10.9 Å². The predicted molar refractivity (Wildman–Crippen MR) is 92.3 cm³/mol. The maximum Gasteiger partial charge on any atom is 0.408 e. The Balaban J connectivity index is 1.92. The zero-order chi connectivity index (χ0) is 17.9. The van der Waals surface area contributed by atoms with Crippen molar-refractivity contribution in [2.24, 2.45) is 0 Å². The van der Waals surface area contributed by atoms with Crippen LogP contribution in [0.5, 0.6) is 5.75 Å². The fourth-order valence-electron chi connectivity index (χ4n) is 2.05. The second-order valence-corrected chi connectivity index (χ2v) is 6.31. The highest BCUT2D eigenvalue weighted by atomic mass is 79.9. The summed E-state index contributed by atoms with van der Waals surface area (Å²) < 4.78 is 2.13. The summed E-state index contributed by atoms with van der Waals surface area (Å²) >= 11 is 9.11. The van der Waals surface area contributed by atoms with Gasteiger partial charge in [-0.15, -0.1) is 0 Å². The number of phenols is 1. The third-order valence-corrected chi connectivity index (χ3v) is 4.23. The van der Waals surface area contributed by atoms with E-state index in [2.05, 4.69) is 26.3 Å². The molecule has 0 aliphatic rings. The van der Waals surface area contributed by atoms with Crippen LogP contribution in [0, 0.1) is 17.0 Å². The number of rotatable bonds is 6. The normalized spacial score (nSPS) is 10.6. The van der Waals surface area contributed by atoms with Gasteiger partial charge in [-0.25, -0.2) is 0 Å². The van der Waals surface area contributed by atoms with E-state index in [1.807, 2.05) is 0 Å². The van der Waals surface area contributed by atoms with Gasteiger partial charge in [-0.2, -0.15) is 4.68 Å². The van der Waals surface area contributed by atoms with E-state index in [0.717, 1.165) is 4.47 Å². The van der Waals surface area contributed by atoms with Crippen LogP contribution in [-0.2, 0) is 11.3 Å². The molecule has 1 heterocycles. The summed E-state index contributed by atoms with van der Waals surface area (Å²) in [4.78, 5) is 22.1. The summed E-state index contributed by atoms with van der Waals surface area (Å²) in [5.41, 5.74) is 0.789. The quantitative estimate of drug-likeness (QED) is 0.423. The maximum absolute atomic E-state index is 11.9. The molecule has 0 aliphatic carbocycles. The summed E-state index contributed by atoms with van der Waals surface area (Å²) in [6, 6.07) is 4.71. The zero-order valence-corrected chi connectivity index (χ0v) is 15.0. The maximum atomic E-state index is 11.9. The number of carbonyl (C=O) groups excluding carboxylic acids is 1. The summed E-state index contributed by atoms with van der Waals surface area (Å²) in [5, 5.41) is 26.9. The van der Waals surface area contributed by atoms with E-state index < -0.39 is 10.7 Å². The number of amides is 1. The number of hydrogen-bond acceptors (Lipinski definition) is 5. The lowest BCUT2D eigenvalue weighted by molar-refractivity contribution is -0.389. The van der Waals surface area contributed by atoms with Crippen LogP contribution in [0.15, 0.2) is 22.7 Å². The van der Waals surface area contributed by atoms with Crippen molar-refractivity contribution in [1.82, 2.24) is 9.78 Å². The summed E-state index contributed by atoms with van der Waals surface area (Å²) in [7, 11) is 0. The smallest absolute Gasteiger partial charge is 0.408 e. The van der Waals surface area contributed by atoms with Crippen LogP contribution in [0.25, 0.3) is 0 Å². The average Bonchev–Trinajstić information content (AvgIpc) is 2.79. The van der Waals surface area contributed by atoms with Crippen molar-refractivity contribution in [3.63, 3.8) is 0 Å². The fourth-order valence-corrected chi connectivity index (χ4v) is 2.62. The van der Waals surface area contributed by atoms with E-state index in [4.69, 9.17) is 11.6 Å². The van der Waals surface area contributed by atoms with Crippen molar-refractivity contribution in [3.8, 4) is 5.75 Å². The van der Waals surface area contributed by atoms with E-state index in [9.17, 15) is 20.0 Å². The molecule has 0 bridgehead atoms. The summed E-state index contributed by atoms with van der Waals surface area (Å²) in [6.07, 6.45) is 0.577. The Bertz CT molecular complexity index is 793. The average molecular weight is 418 g/mol. The molecule has 0 aliphatic heterocycles. The van der Waals surface area contributed by atoms with Crippen molar-refractivity contribution in [3.05, 3.63) is 43.5 Å². The van der Waals surface area contributed by atoms with Gasteiger partial charge in [0.05, 0.1) is 23.0 Å². The van der Waals surface area contributed by atoms with Crippen LogP contribution >= 0.6 is 27.5 Å². The molecule has 0 unspecified atom stereocenters. The Morgan fingerprint density at radius 3 is 2.88 bits per heavy atom. The van der Waals surface area contributed by atoms with Crippen LogP contribution in [0.1, 0.15) is 18.5 Å². The first-order valence-electron chi connectivity index (χ1n) is 6.95.